The second-order valence-corrected chi connectivity index (χ2v) is 6.84. The average Bonchev–Trinajstić information content (AvgIpc) is 3.26. The number of nitrogens with zero attached hydrogens (tertiary/aromatic N) is 1. The van der Waals surface area contributed by atoms with E-state index in [4.69, 9.17) is 14.2 Å². The Labute approximate surface area is 158 Å². The molecule has 0 radical (unpaired) electrons. The van der Waals surface area contributed by atoms with Crippen molar-refractivity contribution in [1.29, 1.82) is 0 Å². The summed E-state index contributed by atoms with van der Waals surface area (Å²) in [6.07, 6.45) is 0.819. The van der Waals surface area contributed by atoms with Crippen molar-refractivity contribution in [2.75, 3.05) is 4.90 Å². The monoisotopic (exact) mass is 389 g/mol. The fraction of sp³-hybridized carbons (Fsp3) is 0.368. The molecule has 2 fully saturated rings. The van der Waals surface area contributed by atoms with Crippen molar-refractivity contribution < 1.29 is 37.8 Å². The third-order valence-electron chi connectivity index (χ3n) is 5.08. The first-order valence-corrected chi connectivity index (χ1v) is 8.59. The summed E-state index contributed by atoms with van der Waals surface area (Å²) in [6.45, 7) is 2.25. The second kappa shape index (κ2) is 6.23. The molecule has 3 heterocycles. The number of fused-ring (bicyclic) bond motifs is 5. The van der Waals surface area contributed by atoms with Crippen LogP contribution in [0.1, 0.15) is 13.8 Å². The van der Waals surface area contributed by atoms with Crippen molar-refractivity contribution in [2.45, 2.75) is 31.8 Å². The smallest absolute Gasteiger partial charge is 0.305 e. The molecule has 3 aliphatic rings. The number of amides is 2. The van der Waals surface area contributed by atoms with Crippen molar-refractivity contribution in [3.05, 3.63) is 42.2 Å². The Kier molecular flexibility index (Phi) is 4.07. The fourth-order valence-electron chi connectivity index (χ4n) is 4.06. The average molecular weight is 389 g/mol. The lowest BCUT2D eigenvalue weighted by atomic mass is 9.76. The van der Waals surface area contributed by atoms with Crippen molar-refractivity contribution in [1.82, 2.24) is 0 Å². The number of anilines is 1. The number of carbonyl (C=O) groups excluding carboxylic acids is 4. The maximum absolute atomic E-state index is 13.2. The zero-order chi connectivity index (χ0) is 20.2. The molecule has 3 aliphatic heterocycles. The molecule has 1 aromatic carbocycles. The molecular formula is C19H16FNO7. The third-order valence-corrected chi connectivity index (χ3v) is 5.08. The normalized spacial score (nSPS) is 30.1. The molecule has 2 amide bonds. The summed E-state index contributed by atoms with van der Waals surface area (Å²) in [4.78, 5) is 50.2. The predicted octanol–water partition coefficient (Wildman–Crippen LogP) is 1.09. The van der Waals surface area contributed by atoms with Crippen LogP contribution in [-0.2, 0) is 33.4 Å². The molecule has 2 bridgehead atoms. The van der Waals surface area contributed by atoms with Crippen LogP contribution in [0.25, 0.3) is 0 Å². The summed E-state index contributed by atoms with van der Waals surface area (Å²) in [5, 5.41) is 0. The van der Waals surface area contributed by atoms with E-state index >= 15 is 0 Å². The van der Waals surface area contributed by atoms with Crippen LogP contribution in [-0.4, -0.2) is 41.7 Å². The molecule has 0 unspecified atom stereocenters. The van der Waals surface area contributed by atoms with Crippen LogP contribution in [0.4, 0.5) is 10.1 Å². The van der Waals surface area contributed by atoms with Gasteiger partial charge in [-0.1, -0.05) is 6.08 Å². The molecule has 28 heavy (non-hydrogen) atoms. The van der Waals surface area contributed by atoms with E-state index in [2.05, 4.69) is 0 Å². The van der Waals surface area contributed by atoms with Crippen LogP contribution >= 0.6 is 0 Å². The fourth-order valence-corrected chi connectivity index (χ4v) is 4.06. The second-order valence-electron chi connectivity index (χ2n) is 6.84. The van der Waals surface area contributed by atoms with Crippen LogP contribution in [0.15, 0.2) is 36.4 Å². The maximum Gasteiger partial charge on any atom is 0.305 e. The Bertz CT molecular complexity index is 895. The Morgan fingerprint density at radius 2 is 1.71 bits per heavy atom. The zero-order valence-electron chi connectivity index (χ0n) is 15.0. The number of hydrogen-bond acceptors (Lipinski definition) is 7. The van der Waals surface area contributed by atoms with Gasteiger partial charge in [0.15, 0.2) is 5.60 Å². The van der Waals surface area contributed by atoms with Gasteiger partial charge in [-0.15, -0.1) is 0 Å². The van der Waals surface area contributed by atoms with E-state index in [1.54, 1.807) is 6.08 Å². The van der Waals surface area contributed by atoms with E-state index < -0.39 is 59.4 Å². The highest BCUT2D eigenvalue weighted by molar-refractivity contribution is 6.23. The first kappa shape index (κ1) is 18.3. The van der Waals surface area contributed by atoms with Gasteiger partial charge >= 0.3 is 11.9 Å². The van der Waals surface area contributed by atoms with Crippen molar-refractivity contribution in [2.24, 2.45) is 11.8 Å². The number of hydrogen-bond donors (Lipinski definition) is 0. The zero-order valence-corrected chi connectivity index (χ0v) is 15.0. The minimum Gasteiger partial charge on any atom is -0.422 e. The standard InChI is InChI=1S/C19H16FNO7/c1-9(22)26-18(27-10(2)23)19-8-7-13(28-19)14-15(19)17(25)21(16(14)24)12-5-3-11(20)4-6-12/h3-8,13-15,18H,1-2H3/t13-,14-,15+,19+/m0/s1. The maximum atomic E-state index is 13.2. The largest absolute Gasteiger partial charge is 0.422 e. The number of benzene rings is 1. The lowest BCUT2D eigenvalue weighted by Gasteiger charge is -2.34. The van der Waals surface area contributed by atoms with Gasteiger partial charge in [0.05, 0.1) is 23.6 Å². The molecule has 2 saturated heterocycles. The summed E-state index contributed by atoms with van der Waals surface area (Å²) in [6, 6.07) is 4.93. The summed E-state index contributed by atoms with van der Waals surface area (Å²) in [5.41, 5.74) is -1.38. The lowest BCUT2D eigenvalue weighted by molar-refractivity contribution is -0.226. The van der Waals surface area contributed by atoms with Crippen LogP contribution in [0, 0.1) is 17.7 Å². The van der Waals surface area contributed by atoms with Crippen molar-refractivity contribution >= 4 is 29.4 Å². The SMILES string of the molecule is CC(=O)OC(OC(C)=O)[C@]12C=C[C@H](O1)[C@@H]1C(=O)N(c3ccc(F)cc3)C(=O)[C@@H]12. The van der Waals surface area contributed by atoms with Gasteiger partial charge in [0.1, 0.15) is 5.82 Å². The van der Waals surface area contributed by atoms with Gasteiger partial charge in [-0.3, -0.25) is 19.2 Å². The number of esters is 2. The minimum atomic E-state index is -1.60. The topological polar surface area (TPSA) is 99.2 Å². The summed E-state index contributed by atoms with van der Waals surface area (Å²) in [5.74, 6) is -5.01. The number of imide groups is 1. The third kappa shape index (κ3) is 2.54. The van der Waals surface area contributed by atoms with E-state index in [1.165, 1.54) is 18.2 Å². The van der Waals surface area contributed by atoms with Crippen LogP contribution < -0.4 is 4.90 Å². The van der Waals surface area contributed by atoms with E-state index in [1.807, 2.05) is 0 Å². The van der Waals surface area contributed by atoms with Gasteiger partial charge in [0, 0.05) is 13.8 Å². The summed E-state index contributed by atoms with van der Waals surface area (Å²) < 4.78 is 29.3. The van der Waals surface area contributed by atoms with Crippen LogP contribution in [0.3, 0.4) is 0 Å². The summed E-state index contributed by atoms with van der Waals surface area (Å²) >= 11 is 0. The molecule has 0 saturated carbocycles. The first-order valence-electron chi connectivity index (χ1n) is 8.59. The van der Waals surface area contributed by atoms with Gasteiger partial charge in [0.2, 0.25) is 11.8 Å². The molecule has 146 valence electrons. The Hall–Kier alpha value is -3.07. The Balaban J connectivity index is 1.74. The number of ether oxygens (including phenoxy) is 3. The van der Waals surface area contributed by atoms with Crippen LogP contribution in [0.2, 0.25) is 0 Å². The molecule has 4 atom stereocenters. The van der Waals surface area contributed by atoms with Gasteiger partial charge in [-0.2, -0.15) is 0 Å². The first-order chi connectivity index (χ1) is 13.2. The molecule has 4 rings (SSSR count). The molecule has 0 aliphatic carbocycles. The molecule has 0 aromatic heterocycles. The quantitative estimate of drug-likeness (QED) is 0.329. The van der Waals surface area contributed by atoms with Gasteiger partial charge in [0.25, 0.3) is 6.29 Å². The van der Waals surface area contributed by atoms with E-state index in [9.17, 15) is 23.6 Å². The summed E-state index contributed by atoms with van der Waals surface area (Å²) in [7, 11) is 0. The van der Waals surface area contributed by atoms with E-state index in [0.29, 0.717) is 0 Å². The molecule has 8 nitrogen and oxygen atoms in total. The lowest BCUT2D eigenvalue weighted by Crippen LogP contribution is -2.52. The minimum absolute atomic E-state index is 0.219. The predicted molar refractivity (Wildman–Crippen MR) is 89.9 cm³/mol. The van der Waals surface area contributed by atoms with E-state index in [0.717, 1.165) is 30.9 Å². The Morgan fingerprint density at radius 1 is 1.11 bits per heavy atom. The molecular weight excluding hydrogens is 373 g/mol. The van der Waals surface area contributed by atoms with Gasteiger partial charge < -0.3 is 14.2 Å². The highest BCUT2D eigenvalue weighted by Gasteiger charge is 2.72. The highest BCUT2D eigenvalue weighted by atomic mass is 19.1. The molecule has 9 heteroatoms. The highest BCUT2D eigenvalue weighted by Crippen LogP contribution is 2.54. The Morgan fingerprint density at radius 3 is 2.29 bits per heavy atom. The van der Waals surface area contributed by atoms with Crippen LogP contribution in [0.5, 0.6) is 0 Å². The van der Waals surface area contributed by atoms with Gasteiger partial charge in [-0.05, 0) is 30.3 Å². The van der Waals surface area contributed by atoms with Gasteiger partial charge in [-0.25, -0.2) is 9.29 Å². The van der Waals surface area contributed by atoms with Crippen molar-refractivity contribution in [3.63, 3.8) is 0 Å². The molecule has 0 spiro atoms. The number of halogens is 1. The number of carbonyl (C=O) groups is 4. The van der Waals surface area contributed by atoms with Crippen molar-refractivity contribution in [3.8, 4) is 0 Å². The number of rotatable bonds is 4. The van der Waals surface area contributed by atoms with E-state index in [-0.39, 0.29) is 5.69 Å². The molecule has 1 aromatic rings. The molecule has 0 N–H and O–H groups in total.